The van der Waals surface area contributed by atoms with E-state index < -0.39 is 23.3 Å². The van der Waals surface area contributed by atoms with Crippen LogP contribution in [-0.4, -0.2) is 31.9 Å². The van der Waals surface area contributed by atoms with Crippen LogP contribution >= 0.6 is 11.3 Å². The Balaban J connectivity index is 2.07. The number of carbonyl (C=O) groups is 2. The molecular formula is C22H33N5O5S. The van der Waals surface area contributed by atoms with Gasteiger partial charge in [0.2, 0.25) is 0 Å². The first-order chi connectivity index (χ1) is 15.3. The molecule has 33 heavy (non-hydrogen) atoms. The Hall–Kier alpha value is -2.82. The number of hydrazine groups is 1. The minimum Gasteiger partial charge on any atom is -0.443 e. The summed E-state index contributed by atoms with van der Waals surface area (Å²) in [6.07, 6.45) is 2.45. The number of thiophene rings is 1. The van der Waals surface area contributed by atoms with E-state index in [1.807, 2.05) is 13.8 Å². The van der Waals surface area contributed by atoms with Gasteiger partial charge in [-0.05, 0) is 59.4 Å². The number of nitrogens with two attached hydrogens (primary N) is 1. The average molecular weight is 480 g/mol. The number of nitrogens with one attached hydrogen (secondary N) is 1. The fourth-order valence-electron chi connectivity index (χ4n) is 3.66. The molecule has 0 aliphatic heterocycles. The molecule has 3 N–H and O–H groups in total. The predicted octanol–water partition coefficient (Wildman–Crippen LogP) is 3.16. The molecule has 1 aliphatic rings. The van der Waals surface area contributed by atoms with Crippen LogP contribution in [0, 0.1) is 6.92 Å². The van der Waals surface area contributed by atoms with Gasteiger partial charge in [-0.15, -0.1) is 11.3 Å². The molecule has 0 radical (unpaired) electrons. The molecule has 10 nitrogen and oxygen atoms in total. The molecule has 2 aromatic rings. The molecule has 3 amide bonds. The number of hydrogen-bond donors (Lipinski definition) is 2. The van der Waals surface area contributed by atoms with Crippen molar-refractivity contribution in [2.45, 2.75) is 91.5 Å². The number of rotatable bonds is 6. The highest BCUT2D eigenvalue weighted by atomic mass is 32.1. The molecule has 0 aromatic carbocycles. The van der Waals surface area contributed by atoms with E-state index in [9.17, 15) is 19.2 Å². The lowest BCUT2D eigenvalue weighted by atomic mass is 10.2. The third-order valence-corrected chi connectivity index (χ3v) is 7.05. The van der Waals surface area contributed by atoms with Crippen molar-refractivity contribution in [1.29, 1.82) is 0 Å². The van der Waals surface area contributed by atoms with Crippen LogP contribution in [0.15, 0.2) is 9.59 Å². The molecule has 2 aromatic heterocycles. The molecule has 1 aliphatic carbocycles. The number of unbranched alkanes of at least 4 members (excludes halogenated alkanes) is 1. The number of amides is 3. The molecule has 0 bridgehead atoms. The van der Waals surface area contributed by atoms with E-state index in [2.05, 4.69) is 5.43 Å². The number of primary amides is 1. The van der Waals surface area contributed by atoms with Crippen molar-refractivity contribution in [3.63, 3.8) is 0 Å². The van der Waals surface area contributed by atoms with Crippen molar-refractivity contribution >= 4 is 33.7 Å². The molecule has 1 fully saturated rings. The highest BCUT2D eigenvalue weighted by Gasteiger charge is 2.43. The maximum absolute atomic E-state index is 13.4. The molecule has 1 saturated carbocycles. The lowest BCUT2D eigenvalue weighted by Crippen LogP contribution is -2.49. The minimum absolute atomic E-state index is 0.0571. The summed E-state index contributed by atoms with van der Waals surface area (Å²) in [5, 5.41) is 1.42. The van der Waals surface area contributed by atoms with Crippen molar-refractivity contribution < 1.29 is 14.3 Å². The van der Waals surface area contributed by atoms with Gasteiger partial charge in [0, 0.05) is 11.4 Å². The van der Waals surface area contributed by atoms with Gasteiger partial charge in [0.1, 0.15) is 10.4 Å². The number of ether oxygens (including phenoxy) is 1. The van der Waals surface area contributed by atoms with Crippen LogP contribution in [0.2, 0.25) is 0 Å². The summed E-state index contributed by atoms with van der Waals surface area (Å²) in [7, 11) is 0. The van der Waals surface area contributed by atoms with Gasteiger partial charge in [-0.1, -0.05) is 13.3 Å². The summed E-state index contributed by atoms with van der Waals surface area (Å²) in [6.45, 7) is 11.3. The largest absolute Gasteiger partial charge is 0.443 e. The first kappa shape index (κ1) is 24.8. The molecular weight excluding hydrogens is 446 g/mol. The van der Waals surface area contributed by atoms with Gasteiger partial charge in [-0.2, -0.15) is 0 Å². The zero-order valence-corrected chi connectivity index (χ0v) is 20.9. The Kier molecular flexibility index (Phi) is 6.65. The Bertz CT molecular complexity index is 1200. The number of aryl methyl sites for hydroxylation is 2. The maximum Gasteiger partial charge on any atom is 0.426 e. The van der Waals surface area contributed by atoms with E-state index in [0.29, 0.717) is 27.2 Å². The van der Waals surface area contributed by atoms with E-state index in [1.54, 1.807) is 32.3 Å². The van der Waals surface area contributed by atoms with Crippen LogP contribution in [0.25, 0.3) is 10.2 Å². The van der Waals surface area contributed by atoms with Crippen molar-refractivity contribution in [3.05, 3.63) is 31.3 Å². The Morgan fingerprint density at radius 2 is 1.91 bits per heavy atom. The minimum atomic E-state index is -0.871. The van der Waals surface area contributed by atoms with Crippen LogP contribution in [0.1, 0.15) is 70.7 Å². The number of carbonyl (C=O) groups excluding carboxylic acids is 2. The Morgan fingerprint density at radius 3 is 2.42 bits per heavy atom. The van der Waals surface area contributed by atoms with Crippen molar-refractivity contribution in [1.82, 2.24) is 19.6 Å². The summed E-state index contributed by atoms with van der Waals surface area (Å²) < 4.78 is 8.26. The van der Waals surface area contributed by atoms with E-state index in [0.717, 1.165) is 30.7 Å². The number of aromatic nitrogens is 2. The molecule has 0 saturated heterocycles. The number of hydrogen-bond acceptors (Lipinski definition) is 6. The van der Waals surface area contributed by atoms with Crippen molar-refractivity contribution in [3.8, 4) is 0 Å². The first-order valence-electron chi connectivity index (χ1n) is 11.1. The summed E-state index contributed by atoms with van der Waals surface area (Å²) in [4.78, 5) is 52.1. The summed E-state index contributed by atoms with van der Waals surface area (Å²) in [6, 6.07) is -0.871. The third-order valence-electron chi connectivity index (χ3n) is 5.75. The monoisotopic (exact) mass is 479 g/mol. The summed E-state index contributed by atoms with van der Waals surface area (Å²) >= 11 is 1.26. The normalized spacial score (nSPS) is 14.8. The molecule has 11 heteroatoms. The topological polar surface area (TPSA) is 129 Å². The van der Waals surface area contributed by atoms with Gasteiger partial charge in [-0.25, -0.2) is 24.8 Å². The molecule has 182 valence electrons. The van der Waals surface area contributed by atoms with E-state index in [4.69, 9.17) is 10.5 Å². The fraction of sp³-hybridized carbons (Fsp3) is 0.636. The van der Waals surface area contributed by atoms with E-state index in [-0.39, 0.29) is 17.8 Å². The van der Waals surface area contributed by atoms with Gasteiger partial charge in [-0.3, -0.25) is 13.9 Å². The quantitative estimate of drug-likeness (QED) is 0.615. The standard InChI is InChI=1S/C22H33N5O5S/c1-7-8-11-25-17-15(16(28)27(20(25)31)22(6)9-10-22)13(2)14(33-17)12-26(18(23)29)24-19(30)32-21(3,4)5/h7-12H2,1-6H3,(H2,23,29)(H,24,30). The molecule has 0 atom stereocenters. The maximum atomic E-state index is 13.4. The second kappa shape index (κ2) is 8.85. The second-order valence-corrected chi connectivity index (χ2v) is 10.9. The Labute approximate surface area is 196 Å². The van der Waals surface area contributed by atoms with Crippen LogP contribution in [0.4, 0.5) is 9.59 Å². The van der Waals surface area contributed by atoms with Gasteiger partial charge in [0.25, 0.3) is 5.56 Å². The Morgan fingerprint density at radius 1 is 1.27 bits per heavy atom. The lowest BCUT2D eigenvalue weighted by Gasteiger charge is -2.24. The third kappa shape index (κ3) is 5.07. The predicted molar refractivity (Wildman–Crippen MR) is 127 cm³/mol. The molecule has 0 spiro atoms. The summed E-state index contributed by atoms with van der Waals surface area (Å²) in [5.41, 5.74) is 6.70. The van der Waals surface area contributed by atoms with Gasteiger partial charge < -0.3 is 10.5 Å². The van der Waals surface area contributed by atoms with E-state index in [1.165, 1.54) is 15.9 Å². The number of nitrogens with zero attached hydrogens (tertiary/aromatic N) is 3. The summed E-state index contributed by atoms with van der Waals surface area (Å²) in [5.74, 6) is 0. The zero-order chi connectivity index (χ0) is 24.7. The van der Waals surface area contributed by atoms with Crippen LogP contribution in [0.5, 0.6) is 0 Å². The molecule has 3 rings (SSSR count). The smallest absolute Gasteiger partial charge is 0.426 e. The van der Waals surface area contributed by atoms with E-state index >= 15 is 0 Å². The first-order valence-corrected chi connectivity index (χ1v) is 12.0. The second-order valence-electron chi connectivity index (χ2n) is 9.79. The van der Waals surface area contributed by atoms with Gasteiger partial charge in [0.05, 0.1) is 17.5 Å². The fourth-order valence-corrected chi connectivity index (χ4v) is 4.97. The molecule has 2 heterocycles. The van der Waals surface area contributed by atoms with Crippen molar-refractivity contribution in [2.75, 3.05) is 0 Å². The van der Waals surface area contributed by atoms with Crippen molar-refractivity contribution in [2.24, 2.45) is 5.73 Å². The molecule has 0 unspecified atom stereocenters. The average Bonchev–Trinajstić information content (AvgIpc) is 3.33. The highest BCUT2D eigenvalue weighted by molar-refractivity contribution is 7.18. The zero-order valence-electron chi connectivity index (χ0n) is 20.1. The van der Waals surface area contributed by atoms with Gasteiger partial charge >= 0.3 is 17.8 Å². The SMILES string of the molecule is CCCCn1c(=O)n(C2(C)CC2)c(=O)c2c(C)c(CN(NC(=O)OC(C)(C)C)C(N)=O)sc21. The lowest BCUT2D eigenvalue weighted by molar-refractivity contribution is 0.0376. The van der Waals surface area contributed by atoms with Gasteiger partial charge in [0.15, 0.2) is 0 Å². The highest BCUT2D eigenvalue weighted by Crippen LogP contribution is 2.41. The van der Waals surface area contributed by atoms with Crippen LogP contribution < -0.4 is 22.4 Å². The van der Waals surface area contributed by atoms with Crippen LogP contribution in [-0.2, 0) is 23.4 Å². The number of urea groups is 1. The number of fused-ring (bicyclic) bond motifs is 1. The van der Waals surface area contributed by atoms with Crippen LogP contribution in [0.3, 0.4) is 0 Å².